The van der Waals surface area contributed by atoms with Crippen molar-refractivity contribution in [2.45, 2.75) is 19.8 Å². The fourth-order valence-electron chi connectivity index (χ4n) is 1.82. The summed E-state index contributed by atoms with van der Waals surface area (Å²) in [5, 5.41) is 0. The Labute approximate surface area is 109 Å². The molecule has 18 heavy (non-hydrogen) atoms. The lowest BCUT2D eigenvalue weighted by atomic mass is 10.1. The monoisotopic (exact) mass is 244 g/mol. The average Bonchev–Trinajstić information content (AvgIpc) is 2.40. The predicted molar refractivity (Wildman–Crippen MR) is 72.5 cm³/mol. The second-order valence-electron chi connectivity index (χ2n) is 4.82. The summed E-state index contributed by atoms with van der Waals surface area (Å²) in [4.78, 5) is 6.67. The van der Waals surface area contributed by atoms with Crippen LogP contribution in [0.5, 0.6) is 0 Å². The number of aromatic nitrogens is 1. The summed E-state index contributed by atoms with van der Waals surface area (Å²) in [7, 11) is 0. The first kappa shape index (κ1) is 13.1. The number of ether oxygens (including phenoxy) is 1. The number of morpholine rings is 1. The van der Waals surface area contributed by atoms with Gasteiger partial charge < -0.3 is 4.74 Å². The van der Waals surface area contributed by atoms with Crippen molar-refractivity contribution in [2.24, 2.45) is 0 Å². The van der Waals surface area contributed by atoms with Crippen molar-refractivity contribution in [3.8, 4) is 11.8 Å². The SMILES string of the molecule is CC(C)c1ccc(C#CCN2CCOCC2)nc1. The van der Waals surface area contributed by atoms with Gasteiger partial charge in [-0.3, -0.25) is 4.90 Å². The first-order chi connectivity index (χ1) is 8.75. The maximum atomic E-state index is 5.30. The molecule has 0 bridgehead atoms. The number of hydrogen-bond acceptors (Lipinski definition) is 3. The molecule has 2 rings (SSSR count). The van der Waals surface area contributed by atoms with Crippen molar-refractivity contribution >= 4 is 0 Å². The van der Waals surface area contributed by atoms with E-state index in [-0.39, 0.29) is 0 Å². The van der Waals surface area contributed by atoms with Crippen LogP contribution < -0.4 is 0 Å². The molecule has 1 aromatic rings. The molecule has 0 aromatic carbocycles. The largest absolute Gasteiger partial charge is 0.379 e. The van der Waals surface area contributed by atoms with Crippen LogP contribution >= 0.6 is 0 Å². The van der Waals surface area contributed by atoms with Gasteiger partial charge in [0.15, 0.2) is 0 Å². The Morgan fingerprint density at radius 2 is 2.11 bits per heavy atom. The summed E-state index contributed by atoms with van der Waals surface area (Å²) in [6.45, 7) is 8.74. The molecule has 0 aliphatic carbocycles. The van der Waals surface area contributed by atoms with Crippen LogP contribution in [0.1, 0.15) is 31.0 Å². The minimum atomic E-state index is 0.521. The zero-order chi connectivity index (χ0) is 12.8. The molecule has 0 saturated carbocycles. The van der Waals surface area contributed by atoms with E-state index < -0.39 is 0 Å². The molecular weight excluding hydrogens is 224 g/mol. The molecular formula is C15H20N2O. The fourth-order valence-corrected chi connectivity index (χ4v) is 1.82. The topological polar surface area (TPSA) is 25.4 Å². The number of pyridine rings is 1. The minimum absolute atomic E-state index is 0.521. The van der Waals surface area contributed by atoms with Gasteiger partial charge >= 0.3 is 0 Å². The summed E-state index contributed by atoms with van der Waals surface area (Å²) < 4.78 is 5.30. The Hall–Kier alpha value is -1.37. The summed E-state index contributed by atoms with van der Waals surface area (Å²) in [5.41, 5.74) is 2.11. The van der Waals surface area contributed by atoms with E-state index in [1.807, 2.05) is 12.3 Å². The van der Waals surface area contributed by atoms with Crippen molar-refractivity contribution in [1.82, 2.24) is 9.88 Å². The van der Waals surface area contributed by atoms with Crippen LogP contribution in [-0.4, -0.2) is 42.7 Å². The molecule has 0 amide bonds. The Morgan fingerprint density at radius 3 is 2.72 bits per heavy atom. The van der Waals surface area contributed by atoms with Gasteiger partial charge in [0.2, 0.25) is 0 Å². The fraction of sp³-hybridized carbons (Fsp3) is 0.533. The van der Waals surface area contributed by atoms with Crippen molar-refractivity contribution in [3.63, 3.8) is 0 Å². The van der Waals surface area contributed by atoms with Crippen LogP contribution in [-0.2, 0) is 4.74 Å². The maximum absolute atomic E-state index is 5.30. The van der Waals surface area contributed by atoms with Gasteiger partial charge in [0, 0.05) is 19.3 Å². The Bertz CT molecular complexity index is 422. The van der Waals surface area contributed by atoms with Gasteiger partial charge in [-0.05, 0) is 23.5 Å². The van der Waals surface area contributed by atoms with E-state index in [4.69, 9.17) is 4.74 Å². The Kier molecular flexibility index (Phi) is 4.74. The maximum Gasteiger partial charge on any atom is 0.113 e. The van der Waals surface area contributed by atoms with Crippen LogP contribution in [0.25, 0.3) is 0 Å². The number of hydrogen-bond donors (Lipinski definition) is 0. The molecule has 3 heteroatoms. The Morgan fingerprint density at radius 1 is 1.33 bits per heavy atom. The highest BCUT2D eigenvalue weighted by molar-refractivity contribution is 5.30. The van der Waals surface area contributed by atoms with Crippen molar-refractivity contribution < 1.29 is 4.74 Å². The van der Waals surface area contributed by atoms with E-state index in [0.717, 1.165) is 38.5 Å². The van der Waals surface area contributed by atoms with E-state index in [2.05, 4.69) is 41.6 Å². The van der Waals surface area contributed by atoms with Gasteiger partial charge in [0.05, 0.1) is 19.8 Å². The molecule has 0 spiro atoms. The number of nitrogens with zero attached hydrogens (tertiary/aromatic N) is 2. The third-order valence-corrected chi connectivity index (χ3v) is 3.08. The van der Waals surface area contributed by atoms with Gasteiger partial charge in [0.25, 0.3) is 0 Å². The molecule has 3 nitrogen and oxygen atoms in total. The van der Waals surface area contributed by atoms with Crippen LogP contribution in [0.15, 0.2) is 18.3 Å². The zero-order valence-corrected chi connectivity index (χ0v) is 11.1. The highest BCUT2D eigenvalue weighted by Gasteiger charge is 2.07. The highest BCUT2D eigenvalue weighted by Crippen LogP contribution is 2.12. The predicted octanol–water partition coefficient (Wildman–Crippen LogP) is 1.89. The molecule has 1 aromatic heterocycles. The quantitative estimate of drug-likeness (QED) is 0.743. The third kappa shape index (κ3) is 3.83. The zero-order valence-electron chi connectivity index (χ0n) is 11.1. The van der Waals surface area contributed by atoms with Crippen molar-refractivity contribution in [3.05, 3.63) is 29.6 Å². The van der Waals surface area contributed by atoms with Crippen molar-refractivity contribution in [2.75, 3.05) is 32.8 Å². The number of rotatable bonds is 2. The molecule has 1 aliphatic rings. The van der Waals surface area contributed by atoms with Crippen LogP contribution in [0.2, 0.25) is 0 Å². The molecule has 0 radical (unpaired) electrons. The van der Waals surface area contributed by atoms with Gasteiger partial charge in [0.1, 0.15) is 5.69 Å². The van der Waals surface area contributed by atoms with Gasteiger partial charge in [-0.1, -0.05) is 25.8 Å². The molecule has 2 heterocycles. The summed E-state index contributed by atoms with van der Waals surface area (Å²) >= 11 is 0. The summed E-state index contributed by atoms with van der Waals surface area (Å²) in [5.74, 6) is 6.81. The molecule has 1 saturated heterocycles. The van der Waals surface area contributed by atoms with E-state index in [1.54, 1.807) is 0 Å². The lowest BCUT2D eigenvalue weighted by molar-refractivity contribution is 0.0443. The molecule has 0 atom stereocenters. The smallest absolute Gasteiger partial charge is 0.113 e. The average molecular weight is 244 g/mol. The highest BCUT2D eigenvalue weighted by atomic mass is 16.5. The lowest BCUT2D eigenvalue weighted by Gasteiger charge is -2.24. The first-order valence-electron chi connectivity index (χ1n) is 6.50. The second-order valence-corrected chi connectivity index (χ2v) is 4.82. The first-order valence-corrected chi connectivity index (χ1v) is 6.50. The van der Waals surface area contributed by atoms with Gasteiger partial charge in [-0.15, -0.1) is 0 Å². The summed E-state index contributed by atoms with van der Waals surface area (Å²) in [6.07, 6.45) is 1.92. The second kappa shape index (κ2) is 6.53. The molecule has 96 valence electrons. The lowest BCUT2D eigenvalue weighted by Crippen LogP contribution is -2.36. The van der Waals surface area contributed by atoms with E-state index in [0.29, 0.717) is 5.92 Å². The van der Waals surface area contributed by atoms with Crippen molar-refractivity contribution in [1.29, 1.82) is 0 Å². The Balaban J connectivity index is 1.88. The van der Waals surface area contributed by atoms with Crippen LogP contribution in [0.4, 0.5) is 0 Å². The van der Waals surface area contributed by atoms with Crippen LogP contribution in [0, 0.1) is 11.8 Å². The molecule has 0 N–H and O–H groups in total. The molecule has 1 aliphatic heterocycles. The minimum Gasteiger partial charge on any atom is -0.379 e. The van der Waals surface area contributed by atoms with Gasteiger partial charge in [-0.25, -0.2) is 4.98 Å². The molecule has 0 unspecified atom stereocenters. The summed E-state index contributed by atoms with van der Waals surface area (Å²) in [6, 6.07) is 4.11. The normalized spacial score (nSPS) is 16.4. The van der Waals surface area contributed by atoms with E-state index >= 15 is 0 Å². The van der Waals surface area contributed by atoms with Gasteiger partial charge in [-0.2, -0.15) is 0 Å². The standard InChI is InChI=1S/C15H20N2O/c1-13(2)14-5-6-15(16-12-14)4-3-7-17-8-10-18-11-9-17/h5-6,12-13H,7-11H2,1-2H3. The van der Waals surface area contributed by atoms with Crippen LogP contribution in [0.3, 0.4) is 0 Å². The third-order valence-electron chi connectivity index (χ3n) is 3.08. The van der Waals surface area contributed by atoms with E-state index in [9.17, 15) is 0 Å². The molecule has 1 fully saturated rings. The van der Waals surface area contributed by atoms with E-state index in [1.165, 1.54) is 5.56 Å².